The van der Waals surface area contributed by atoms with Crippen LogP contribution in [-0.4, -0.2) is 34.7 Å². The van der Waals surface area contributed by atoms with Gasteiger partial charge in [0.1, 0.15) is 6.54 Å². The quantitative estimate of drug-likeness (QED) is 0.542. The van der Waals surface area contributed by atoms with Crippen LogP contribution in [0.3, 0.4) is 0 Å². The first-order valence-corrected chi connectivity index (χ1v) is 13.2. The molecule has 0 aliphatic heterocycles. The van der Waals surface area contributed by atoms with Gasteiger partial charge in [0.25, 0.3) is 0 Å². The zero-order chi connectivity index (χ0) is 23.3. The van der Waals surface area contributed by atoms with Gasteiger partial charge in [0.05, 0.1) is 6.10 Å². The van der Waals surface area contributed by atoms with E-state index < -0.39 is 5.97 Å². The maximum absolute atomic E-state index is 12.3. The Bertz CT molecular complexity index is 724. The van der Waals surface area contributed by atoms with Crippen LogP contribution in [0, 0.1) is 52.3 Å². The van der Waals surface area contributed by atoms with Crippen LogP contribution in [0.5, 0.6) is 0 Å². The maximum Gasteiger partial charge on any atom is 0.322 e. The number of fused-ring (bicyclic) bond motifs is 5. The van der Waals surface area contributed by atoms with Crippen LogP contribution in [0.25, 0.3) is 0 Å². The first-order valence-electron chi connectivity index (χ1n) is 13.2. The molecule has 0 spiro atoms. The molecule has 5 heteroatoms. The molecule has 4 saturated carbocycles. The number of aliphatic hydroxyl groups excluding tert-OH is 1. The number of aliphatic hydroxyl groups is 1. The minimum absolute atomic E-state index is 0.0788. The third-order valence-corrected chi connectivity index (χ3v) is 11.0. The molecule has 182 valence electrons. The molecule has 4 unspecified atom stereocenters. The van der Waals surface area contributed by atoms with Crippen LogP contribution in [-0.2, 0) is 9.59 Å². The highest BCUT2D eigenvalue weighted by Crippen LogP contribution is 2.68. The van der Waals surface area contributed by atoms with E-state index >= 15 is 0 Å². The molecule has 0 aromatic rings. The number of carbonyl (C=O) groups excluding carboxylic acids is 1. The minimum atomic E-state index is -0.989. The van der Waals surface area contributed by atoms with Crippen LogP contribution >= 0.6 is 0 Å². The highest BCUT2D eigenvalue weighted by molar-refractivity contribution is 5.82. The second-order valence-electron chi connectivity index (χ2n) is 12.5. The van der Waals surface area contributed by atoms with Gasteiger partial charge in [0.2, 0.25) is 5.91 Å². The van der Waals surface area contributed by atoms with Crippen LogP contribution in [0.1, 0.15) is 91.9 Å². The summed E-state index contributed by atoms with van der Waals surface area (Å²) in [5.41, 5.74) is 0.791. The van der Waals surface area contributed by atoms with E-state index in [4.69, 9.17) is 5.11 Å². The first kappa shape index (κ1) is 24.0. The van der Waals surface area contributed by atoms with E-state index in [1.807, 2.05) is 6.92 Å². The number of carboxylic acid groups (broad SMARTS) is 1. The monoisotopic (exact) mass is 447 g/mol. The van der Waals surface area contributed by atoms with Gasteiger partial charge in [0, 0.05) is 5.92 Å². The number of nitrogens with one attached hydrogen (secondary N) is 1. The molecule has 0 aromatic carbocycles. The molecule has 4 aliphatic rings. The minimum Gasteiger partial charge on any atom is -0.480 e. The lowest BCUT2D eigenvalue weighted by Gasteiger charge is -2.61. The summed E-state index contributed by atoms with van der Waals surface area (Å²) >= 11 is 0. The predicted octanol–water partition coefficient (Wildman–Crippen LogP) is 4.87. The Balaban J connectivity index is 1.42. The number of hydrogen-bond donors (Lipinski definition) is 3. The maximum atomic E-state index is 12.3. The van der Waals surface area contributed by atoms with E-state index in [-0.39, 0.29) is 24.5 Å². The van der Waals surface area contributed by atoms with Gasteiger partial charge in [-0.25, -0.2) is 0 Å². The van der Waals surface area contributed by atoms with Gasteiger partial charge in [0.15, 0.2) is 0 Å². The summed E-state index contributed by atoms with van der Waals surface area (Å²) in [5.74, 6) is 3.02. The fourth-order valence-electron chi connectivity index (χ4n) is 9.38. The molecule has 4 rings (SSSR count). The second kappa shape index (κ2) is 8.92. The zero-order valence-electron chi connectivity index (χ0n) is 20.6. The number of aliphatic carboxylic acids is 1. The standard InChI is InChI=1S/C27H45NO4/c1-16(13-17(2)25(32)28-15-24(30)31)21-7-8-22-20-6-5-18-14-19(29)9-11-26(18,3)23(20)10-12-27(21,22)4/h16-23,29H,5-15H2,1-4H3,(H,28,32)(H,30,31)/t16-,17+,18?,19-,20?,21-,22?,23?,26+,27-/m1/s1. The van der Waals surface area contributed by atoms with Crippen molar-refractivity contribution in [2.75, 3.05) is 6.54 Å². The van der Waals surface area contributed by atoms with Crippen molar-refractivity contribution in [3.05, 3.63) is 0 Å². The Morgan fingerprint density at radius 1 is 0.969 bits per heavy atom. The van der Waals surface area contributed by atoms with Gasteiger partial charge in [-0.05, 0) is 111 Å². The summed E-state index contributed by atoms with van der Waals surface area (Å²) < 4.78 is 0. The Morgan fingerprint density at radius 2 is 1.66 bits per heavy atom. The highest BCUT2D eigenvalue weighted by atomic mass is 16.4. The van der Waals surface area contributed by atoms with E-state index in [1.165, 1.54) is 44.9 Å². The third-order valence-electron chi connectivity index (χ3n) is 11.0. The van der Waals surface area contributed by atoms with Crippen molar-refractivity contribution in [2.24, 2.45) is 52.3 Å². The number of carbonyl (C=O) groups is 2. The van der Waals surface area contributed by atoms with Gasteiger partial charge in [-0.2, -0.15) is 0 Å². The summed E-state index contributed by atoms with van der Waals surface area (Å²) in [7, 11) is 0. The largest absolute Gasteiger partial charge is 0.480 e. The molecular weight excluding hydrogens is 402 g/mol. The van der Waals surface area contributed by atoms with Gasteiger partial charge in [-0.15, -0.1) is 0 Å². The van der Waals surface area contributed by atoms with Gasteiger partial charge < -0.3 is 15.5 Å². The molecule has 0 saturated heterocycles. The molecular formula is C27H45NO4. The number of hydrogen-bond acceptors (Lipinski definition) is 3. The summed E-state index contributed by atoms with van der Waals surface area (Å²) in [5, 5.41) is 21.7. The van der Waals surface area contributed by atoms with Crippen LogP contribution in [0.15, 0.2) is 0 Å². The van der Waals surface area contributed by atoms with Crippen molar-refractivity contribution in [3.8, 4) is 0 Å². The van der Waals surface area contributed by atoms with Crippen molar-refractivity contribution < 1.29 is 19.8 Å². The number of rotatable bonds is 6. The Kier molecular flexibility index (Phi) is 6.70. The lowest BCUT2D eigenvalue weighted by Crippen LogP contribution is -2.54. The molecule has 4 aliphatic carbocycles. The van der Waals surface area contributed by atoms with Gasteiger partial charge >= 0.3 is 5.97 Å². The molecule has 0 bridgehead atoms. The van der Waals surface area contributed by atoms with Crippen molar-refractivity contribution in [1.82, 2.24) is 5.32 Å². The van der Waals surface area contributed by atoms with Crippen LogP contribution in [0.4, 0.5) is 0 Å². The van der Waals surface area contributed by atoms with E-state index in [0.29, 0.717) is 28.6 Å². The zero-order valence-corrected chi connectivity index (χ0v) is 20.6. The average molecular weight is 448 g/mol. The molecule has 4 fully saturated rings. The first-order chi connectivity index (χ1) is 15.1. The van der Waals surface area contributed by atoms with Crippen LogP contribution in [0.2, 0.25) is 0 Å². The van der Waals surface area contributed by atoms with Crippen molar-refractivity contribution in [3.63, 3.8) is 0 Å². The average Bonchev–Trinajstić information content (AvgIpc) is 3.09. The molecule has 3 N–H and O–H groups in total. The second-order valence-corrected chi connectivity index (χ2v) is 12.5. The highest BCUT2D eigenvalue weighted by Gasteiger charge is 2.60. The van der Waals surface area contributed by atoms with Crippen molar-refractivity contribution in [1.29, 1.82) is 0 Å². The molecule has 32 heavy (non-hydrogen) atoms. The summed E-state index contributed by atoms with van der Waals surface area (Å²) in [6.07, 6.45) is 11.8. The molecule has 0 radical (unpaired) electrons. The van der Waals surface area contributed by atoms with Crippen molar-refractivity contribution in [2.45, 2.75) is 98.0 Å². The Morgan fingerprint density at radius 3 is 2.38 bits per heavy atom. The summed E-state index contributed by atoms with van der Waals surface area (Å²) in [6, 6.07) is 0. The Hall–Kier alpha value is -1.10. The van der Waals surface area contributed by atoms with Gasteiger partial charge in [-0.1, -0.05) is 27.7 Å². The van der Waals surface area contributed by atoms with Crippen LogP contribution < -0.4 is 5.32 Å². The number of amides is 1. The lowest BCUT2D eigenvalue weighted by molar-refractivity contribution is -0.138. The molecule has 1 amide bonds. The van der Waals surface area contributed by atoms with E-state index in [1.54, 1.807) is 0 Å². The SMILES string of the molecule is C[C@H](C[C@H](C)C(=O)NCC(=O)O)[C@H]1CCC2C3CCC4C[C@H](O)CC[C@]4(C)C3CC[C@@]21C. The lowest BCUT2D eigenvalue weighted by atomic mass is 9.44. The van der Waals surface area contributed by atoms with E-state index in [9.17, 15) is 14.7 Å². The molecule has 10 atom stereocenters. The topological polar surface area (TPSA) is 86.6 Å². The van der Waals surface area contributed by atoms with E-state index in [2.05, 4.69) is 26.1 Å². The van der Waals surface area contributed by atoms with Gasteiger partial charge in [-0.3, -0.25) is 9.59 Å². The summed E-state index contributed by atoms with van der Waals surface area (Å²) in [6.45, 7) is 9.08. The molecule has 0 aromatic heterocycles. The fourth-order valence-corrected chi connectivity index (χ4v) is 9.38. The fraction of sp³-hybridized carbons (Fsp3) is 0.926. The summed E-state index contributed by atoms with van der Waals surface area (Å²) in [4.78, 5) is 23.1. The van der Waals surface area contributed by atoms with E-state index in [0.717, 1.165) is 37.0 Å². The number of carboxylic acids is 1. The smallest absolute Gasteiger partial charge is 0.322 e. The molecule has 5 nitrogen and oxygen atoms in total. The van der Waals surface area contributed by atoms with Crippen molar-refractivity contribution >= 4 is 11.9 Å². The molecule has 0 heterocycles. The predicted molar refractivity (Wildman–Crippen MR) is 125 cm³/mol. The Labute approximate surface area is 194 Å². The third kappa shape index (κ3) is 4.12. The normalized spacial score (nSPS) is 45.2.